The van der Waals surface area contributed by atoms with Crippen LogP contribution in [-0.2, 0) is 30.7 Å². The van der Waals surface area contributed by atoms with Crippen molar-refractivity contribution in [2.24, 2.45) is 11.8 Å². The Morgan fingerprint density at radius 1 is 1.25 bits per heavy atom. The number of pyridine rings is 1. The summed E-state index contributed by atoms with van der Waals surface area (Å²) < 4.78 is 44.7. The number of ether oxygens (including phenoxy) is 3. The SMILES string of the molecule is CC(C)CN(C[C@@H](O)[C@H](Cc1ccccc1)NC(=O)OC1CO[C@H]2OCCC12)S(=O)(=O)c1cncc([N+](=O)[O-])c1. The lowest BCUT2D eigenvalue weighted by molar-refractivity contribution is -0.385. The van der Waals surface area contributed by atoms with Crippen LogP contribution in [0.25, 0.3) is 0 Å². The van der Waals surface area contributed by atoms with Crippen LogP contribution >= 0.6 is 0 Å². The second kappa shape index (κ2) is 13.0. The minimum atomic E-state index is -4.28. The summed E-state index contributed by atoms with van der Waals surface area (Å²) in [7, 11) is -4.28. The smallest absolute Gasteiger partial charge is 0.407 e. The van der Waals surface area contributed by atoms with E-state index in [4.69, 9.17) is 14.2 Å². The maximum Gasteiger partial charge on any atom is 0.407 e. The Kier molecular flexibility index (Phi) is 9.68. The number of nitrogens with one attached hydrogen (secondary N) is 1. The molecule has 2 saturated heterocycles. The molecule has 0 saturated carbocycles. The molecule has 1 aromatic heterocycles. The van der Waals surface area contributed by atoms with Gasteiger partial charge in [-0.3, -0.25) is 15.1 Å². The van der Waals surface area contributed by atoms with Crippen LogP contribution in [0.5, 0.6) is 0 Å². The quantitative estimate of drug-likeness (QED) is 0.281. The molecule has 1 aromatic carbocycles. The van der Waals surface area contributed by atoms with Crippen molar-refractivity contribution < 1.29 is 37.5 Å². The van der Waals surface area contributed by atoms with E-state index in [0.29, 0.717) is 13.0 Å². The van der Waals surface area contributed by atoms with E-state index in [1.807, 2.05) is 30.3 Å². The molecule has 0 bridgehead atoms. The average Bonchev–Trinajstić information content (AvgIpc) is 3.53. The van der Waals surface area contributed by atoms with Crippen LogP contribution in [-0.4, -0.2) is 84.7 Å². The van der Waals surface area contributed by atoms with Gasteiger partial charge in [-0.2, -0.15) is 4.31 Å². The lowest BCUT2D eigenvalue weighted by Gasteiger charge is -2.30. The van der Waals surface area contributed by atoms with E-state index in [2.05, 4.69) is 10.3 Å². The fraction of sp³-hybridized carbons (Fsp3) is 0.538. The van der Waals surface area contributed by atoms with E-state index < -0.39 is 51.3 Å². The molecule has 40 heavy (non-hydrogen) atoms. The zero-order valence-corrected chi connectivity index (χ0v) is 23.1. The molecular weight excluding hydrogens is 544 g/mol. The van der Waals surface area contributed by atoms with Crippen LogP contribution < -0.4 is 5.32 Å². The Labute approximate surface area is 232 Å². The van der Waals surface area contributed by atoms with Crippen LogP contribution in [0.3, 0.4) is 0 Å². The van der Waals surface area contributed by atoms with E-state index in [-0.39, 0.29) is 42.8 Å². The highest BCUT2D eigenvalue weighted by Crippen LogP contribution is 2.33. The molecule has 14 heteroatoms. The molecule has 0 aliphatic carbocycles. The fourth-order valence-electron chi connectivity index (χ4n) is 4.83. The van der Waals surface area contributed by atoms with Gasteiger partial charge in [0.1, 0.15) is 17.2 Å². The number of alkyl carbamates (subject to hydrolysis) is 1. The van der Waals surface area contributed by atoms with Crippen LogP contribution in [0.2, 0.25) is 0 Å². The number of rotatable bonds is 12. The fourth-order valence-corrected chi connectivity index (χ4v) is 6.44. The molecule has 2 N–H and O–H groups in total. The number of hydrogen-bond acceptors (Lipinski definition) is 10. The van der Waals surface area contributed by atoms with E-state index in [0.717, 1.165) is 28.3 Å². The van der Waals surface area contributed by atoms with Crippen LogP contribution in [0.15, 0.2) is 53.7 Å². The highest BCUT2D eigenvalue weighted by atomic mass is 32.2. The number of aromatic nitrogens is 1. The molecule has 2 aromatic rings. The number of nitro groups is 1. The first-order valence-electron chi connectivity index (χ1n) is 13.1. The van der Waals surface area contributed by atoms with Crippen molar-refractivity contribution in [1.29, 1.82) is 0 Å². The van der Waals surface area contributed by atoms with Crippen molar-refractivity contribution in [3.63, 3.8) is 0 Å². The second-order valence-electron chi connectivity index (χ2n) is 10.3. The molecule has 5 atom stereocenters. The Morgan fingerprint density at radius 2 is 2.00 bits per heavy atom. The maximum atomic E-state index is 13.5. The van der Waals surface area contributed by atoms with Gasteiger partial charge in [-0.05, 0) is 24.3 Å². The van der Waals surface area contributed by atoms with Gasteiger partial charge in [-0.1, -0.05) is 44.2 Å². The summed E-state index contributed by atoms with van der Waals surface area (Å²) >= 11 is 0. The van der Waals surface area contributed by atoms with Crippen molar-refractivity contribution in [3.8, 4) is 0 Å². The molecule has 3 heterocycles. The molecule has 2 fully saturated rings. The number of hydrogen-bond donors (Lipinski definition) is 2. The number of sulfonamides is 1. The number of fused-ring (bicyclic) bond motifs is 1. The summed E-state index contributed by atoms with van der Waals surface area (Å²) in [6.45, 7) is 3.97. The third-order valence-electron chi connectivity index (χ3n) is 6.82. The number of benzene rings is 1. The third kappa shape index (κ3) is 7.31. The summed E-state index contributed by atoms with van der Waals surface area (Å²) in [6, 6.07) is 9.14. The topological polar surface area (TPSA) is 170 Å². The zero-order chi connectivity index (χ0) is 28.9. The number of nitrogens with zero attached hydrogens (tertiary/aromatic N) is 3. The lowest BCUT2D eigenvalue weighted by atomic mass is 10.0. The first-order chi connectivity index (χ1) is 19.0. The van der Waals surface area contributed by atoms with Gasteiger partial charge >= 0.3 is 6.09 Å². The standard InChI is InChI=1S/C26H34N4O9S/c1-17(2)14-29(40(35,36)20-11-19(30(33)34)12-27-13-20)15-23(31)22(10-18-6-4-3-5-7-18)28-26(32)39-24-16-38-25-21(24)8-9-37-25/h3-7,11-13,17,21-25,31H,8-10,14-16H2,1-2H3,(H,28,32)/t21?,22-,23+,24?,25+/m0/s1. The Morgan fingerprint density at radius 3 is 2.70 bits per heavy atom. The molecule has 2 unspecified atom stereocenters. The van der Waals surface area contributed by atoms with E-state index in [9.17, 15) is 28.4 Å². The number of aliphatic hydroxyl groups is 1. The van der Waals surface area contributed by atoms with Crippen molar-refractivity contribution in [2.75, 3.05) is 26.3 Å². The Bertz CT molecular complexity index is 1280. The van der Waals surface area contributed by atoms with Crippen molar-refractivity contribution in [2.45, 2.75) is 56.1 Å². The monoisotopic (exact) mass is 578 g/mol. The van der Waals surface area contributed by atoms with Crippen molar-refractivity contribution in [1.82, 2.24) is 14.6 Å². The molecule has 13 nitrogen and oxygen atoms in total. The highest BCUT2D eigenvalue weighted by molar-refractivity contribution is 7.89. The van der Waals surface area contributed by atoms with E-state index >= 15 is 0 Å². The van der Waals surface area contributed by atoms with Crippen LogP contribution in [0.1, 0.15) is 25.8 Å². The summed E-state index contributed by atoms with van der Waals surface area (Å²) in [5.41, 5.74) is 0.338. The number of carbonyl (C=O) groups excluding carboxylic acids is 1. The summed E-state index contributed by atoms with van der Waals surface area (Å²) in [4.78, 5) is 26.8. The Balaban J connectivity index is 1.53. The Hall–Kier alpha value is -3.17. The van der Waals surface area contributed by atoms with Crippen molar-refractivity contribution in [3.05, 3.63) is 64.5 Å². The molecule has 2 aliphatic heterocycles. The van der Waals surface area contributed by atoms with Crippen LogP contribution in [0, 0.1) is 22.0 Å². The third-order valence-corrected chi connectivity index (χ3v) is 8.61. The molecule has 218 valence electrons. The van der Waals surface area contributed by atoms with Gasteiger partial charge in [0.15, 0.2) is 6.29 Å². The summed E-state index contributed by atoms with van der Waals surface area (Å²) in [6.07, 6.45) is -0.126. The number of carbonyl (C=O) groups is 1. The van der Waals surface area contributed by atoms with Crippen LogP contribution in [0.4, 0.5) is 10.5 Å². The minimum Gasteiger partial charge on any atom is -0.443 e. The predicted molar refractivity (Wildman–Crippen MR) is 142 cm³/mol. The normalized spacial score (nSPS) is 22.2. The van der Waals surface area contributed by atoms with Gasteiger partial charge in [-0.25, -0.2) is 13.2 Å². The second-order valence-corrected chi connectivity index (χ2v) is 12.3. The zero-order valence-electron chi connectivity index (χ0n) is 22.3. The molecular formula is C26H34N4O9S. The average molecular weight is 579 g/mol. The maximum absolute atomic E-state index is 13.5. The number of aliphatic hydroxyl groups excluding tert-OH is 1. The van der Waals surface area contributed by atoms with Gasteiger partial charge in [0, 0.05) is 25.4 Å². The van der Waals surface area contributed by atoms with Gasteiger partial charge < -0.3 is 24.6 Å². The largest absolute Gasteiger partial charge is 0.443 e. The first-order valence-corrected chi connectivity index (χ1v) is 14.5. The van der Waals surface area contributed by atoms with Crippen molar-refractivity contribution >= 4 is 21.8 Å². The van der Waals surface area contributed by atoms with E-state index in [1.165, 1.54) is 0 Å². The molecule has 2 aliphatic rings. The van der Waals surface area contributed by atoms with Gasteiger partial charge in [-0.15, -0.1) is 0 Å². The van der Waals surface area contributed by atoms with E-state index in [1.54, 1.807) is 13.8 Å². The molecule has 1 amide bonds. The minimum absolute atomic E-state index is 0.0209. The number of amides is 1. The first kappa shape index (κ1) is 29.8. The predicted octanol–water partition coefficient (Wildman–Crippen LogP) is 2.10. The van der Waals surface area contributed by atoms with Gasteiger partial charge in [0.05, 0.1) is 36.2 Å². The van der Waals surface area contributed by atoms with Gasteiger partial charge in [0.25, 0.3) is 5.69 Å². The molecule has 4 rings (SSSR count). The highest BCUT2D eigenvalue weighted by Gasteiger charge is 2.44. The summed E-state index contributed by atoms with van der Waals surface area (Å²) in [5.74, 6) is -0.207. The van der Waals surface area contributed by atoms with Gasteiger partial charge in [0.2, 0.25) is 10.0 Å². The molecule has 0 spiro atoms. The summed E-state index contributed by atoms with van der Waals surface area (Å²) in [5, 5.41) is 25.2. The lowest BCUT2D eigenvalue weighted by Crippen LogP contribution is -2.51. The molecule has 0 radical (unpaired) electrons.